The van der Waals surface area contributed by atoms with E-state index in [9.17, 15) is 5.11 Å². The van der Waals surface area contributed by atoms with Gasteiger partial charge in [0.2, 0.25) is 0 Å². The van der Waals surface area contributed by atoms with Crippen LogP contribution >= 0.6 is 11.3 Å². The molecule has 3 nitrogen and oxygen atoms in total. The van der Waals surface area contributed by atoms with Crippen LogP contribution in [-0.2, 0) is 6.42 Å². The Morgan fingerprint density at radius 2 is 2.12 bits per heavy atom. The summed E-state index contributed by atoms with van der Waals surface area (Å²) in [4.78, 5) is 5.07. The molecule has 1 atom stereocenters. The van der Waals surface area contributed by atoms with Crippen LogP contribution < -0.4 is 4.74 Å². The van der Waals surface area contributed by atoms with E-state index in [4.69, 9.17) is 4.74 Å². The first-order chi connectivity index (χ1) is 7.79. The predicted molar refractivity (Wildman–Crippen MR) is 63.8 cm³/mol. The number of hydrogen-bond acceptors (Lipinski definition) is 4. The fourth-order valence-electron chi connectivity index (χ4n) is 1.48. The average molecular weight is 235 g/mol. The number of nitrogens with zero attached hydrogens (tertiary/aromatic N) is 1. The summed E-state index contributed by atoms with van der Waals surface area (Å²) in [5.74, 6) is 0.800. The van der Waals surface area contributed by atoms with Gasteiger partial charge in [0.15, 0.2) is 0 Å². The van der Waals surface area contributed by atoms with E-state index < -0.39 is 6.10 Å². The van der Waals surface area contributed by atoms with Gasteiger partial charge in [-0.15, -0.1) is 11.3 Å². The van der Waals surface area contributed by atoms with Crippen LogP contribution in [0.2, 0.25) is 0 Å². The molecule has 1 unspecified atom stereocenters. The Labute approximate surface area is 98.4 Å². The smallest absolute Gasteiger partial charge is 0.118 e. The van der Waals surface area contributed by atoms with Crippen LogP contribution in [0.5, 0.6) is 5.75 Å². The van der Waals surface area contributed by atoms with Crippen LogP contribution in [-0.4, -0.2) is 17.2 Å². The highest BCUT2D eigenvalue weighted by Crippen LogP contribution is 2.22. The Kier molecular flexibility index (Phi) is 3.54. The SMILES string of the molecule is COc1ccc(C(O)Cc2cncs2)cc1. The molecule has 0 spiro atoms. The summed E-state index contributed by atoms with van der Waals surface area (Å²) in [6.45, 7) is 0. The molecule has 0 saturated heterocycles. The van der Waals surface area contributed by atoms with E-state index in [1.165, 1.54) is 0 Å². The van der Waals surface area contributed by atoms with Gasteiger partial charge in [-0.3, -0.25) is 4.98 Å². The summed E-state index contributed by atoms with van der Waals surface area (Å²) in [5.41, 5.74) is 2.67. The van der Waals surface area contributed by atoms with E-state index in [2.05, 4.69) is 4.98 Å². The van der Waals surface area contributed by atoms with Crippen molar-refractivity contribution in [3.8, 4) is 5.75 Å². The van der Waals surface area contributed by atoms with E-state index in [1.807, 2.05) is 24.3 Å². The minimum atomic E-state index is -0.480. The number of methoxy groups -OCH3 is 1. The van der Waals surface area contributed by atoms with Gasteiger partial charge in [-0.05, 0) is 17.7 Å². The molecule has 0 amide bonds. The molecule has 16 heavy (non-hydrogen) atoms. The third kappa shape index (κ3) is 2.59. The van der Waals surface area contributed by atoms with Crippen molar-refractivity contribution in [1.82, 2.24) is 4.98 Å². The standard InChI is InChI=1S/C12H13NO2S/c1-15-10-4-2-9(3-5-10)12(14)6-11-7-13-8-16-11/h2-5,7-8,12,14H,6H2,1H3. The van der Waals surface area contributed by atoms with Crippen molar-refractivity contribution < 1.29 is 9.84 Å². The van der Waals surface area contributed by atoms with Gasteiger partial charge < -0.3 is 9.84 Å². The predicted octanol–water partition coefficient (Wildman–Crippen LogP) is 2.43. The summed E-state index contributed by atoms with van der Waals surface area (Å²) in [6, 6.07) is 7.46. The van der Waals surface area contributed by atoms with Crippen LogP contribution in [0.25, 0.3) is 0 Å². The molecule has 0 aliphatic rings. The van der Waals surface area contributed by atoms with Crippen LogP contribution in [0.15, 0.2) is 36.0 Å². The van der Waals surface area contributed by atoms with Gasteiger partial charge in [-0.25, -0.2) is 0 Å². The molecule has 0 aliphatic carbocycles. The lowest BCUT2D eigenvalue weighted by molar-refractivity contribution is 0.179. The number of thiazole rings is 1. The van der Waals surface area contributed by atoms with Crippen molar-refractivity contribution in [2.75, 3.05) is 7.11 Å². The van der Waals surface area contributed by atoms with E-state index in [0.29, 0.717) is 6.42 Å². The van der Waals surface area contributed by atoms with Gasteiger partial charge in [0, 0.05) is 17.5 Å². The quantitative estimate of drug-likeness (QED) is 0.885. The second-order valence-corrected chi connectivity index (χ2v) is 4.43. The van der Waals surface area contributed by atoms with Crippen molar-refractivity contribution >= 4 is 11.3 Å². The van der Waals surface area contributed by atoms with E-state index >= 15 is 0 Å². The molecule has 0 radical (unpaired) electrons. The van der Waals surface area contributed by atoms with Crippen LogP contribution in [0.1, 0.15) is 16.5 Å². The second kappa shape index (κ2) is 5.09. The normalized spacial score (nSPS) is 12.4. The molecule has 84 valence electrons. The Balaban J connectivity index is 2.05. The third-order valence-electron chi connectivity index (χ3n) is 2.38. The monoisotopic (exact) mass is 235 g/mol. The van der Waals surface area contributed by atoms with Gasteiger partial charge >= 0.3 is 0 Å². The molecular weight excluding hydrogens is 222 g/mol. The fourth-order valence-corrected chi connectivity index (χ4v) is 2.11. The Morgan fingerprint density at radius 3 is 2.69 bits per heavy atom. The first-order valence-electron chi connectivity index (χ1n) is 4.99. The van der Waals surface area contributed by atoms with Crippen LogP contribution in [0, 0.1) is 0 Å². The Bertz CT molecular complexity index is 425. The van der Waals surface area contributed by atoms with Crippen molar-refractivity contribution in [2.24, 2.45) is 0 Å². The lowest BCUT2D eigenvalue weighted by Crippen LogP contribution is -2.00. The molecule has 0 aliphatic heterocycles. The summed E-state index contributed by atoms with van der Waals surface area (Å²) in [6.07, 6.45) is 1.92. The summed E-state index contributed by atoms with van der Waals surface area (Å²) >= 11 is 1.56. The van der Waals surface area contributed by atoms with E-state index in [-0.39, 0.29) is 0 Å². The molecule has 1 aromatic carbocycles. The van der Waals surface area contributed by atoms with Crippen molar-refractivity contribution in [2.45, 2.75) is 12.5 Å². The average Bonchev–Trinajstić information content (AvgIpc) is 2.82. The maximum absolute atomic E-state index is 9.99. The number of ether oxygens (including phenoxy) is 1. The maximum Gasteiger partial charge on any atom is 0.118 e. The van der Waals surface area contributed by atoms with E-state index in [0.717, 1.165) is 16.2 Å². The zero-order valence-corrected chi connectivity index (χ0v) is 9.78. The number of aromatic nitrogens is 1. The highest BCUT2D eigenvalue weighted by molar-refractivity contribution is 7.09. The lowest BCUT2D eigenvalue weighted by atomic mass is 10.1. The number of hydrogen-bond donors (Lipinski definition) is 1. The minimum absolute atomic E-state index is 0.480. The Hall–Kier alpha value is -1.39. The van der Waals surface area contributed by atoms with Crippen LogP contribution in [0.3, 0.4) is 0 Å². The van der Waals surface area contributed by atoms with Crippen molar-refractivity contribution in [1.29, 1.82) is 0 Å². The first kappa shape index (κ1) is 11.1. The second-order valence-electron chi connectivity index (χ2n) is 3.46. The summed E-state index contributed by atoms with van der Waals surface area (Å²) in [5, 5.41) is 9.99. The molecule has 1 aromatic heterocycles. The van der Waals surface area contributed by atoms with Crippen molar-refractivity contribution in [3.63, 3.8) is 0 Å². The largest absolute Gasteiger partial charge is 0.497 e. The summed E-state index contributed by atoms with van der Waals surface area (Å²) in [7, 11) is 1.63. The highest BCUT2D eigenvalue weighted by atomic mass is 32.1. The van der Waals surface area contributed by atoms with Gasteiger partial charge in [0.1, 0.15) is 5.75 Å². The van der Waals surface area contributed by atoms with Crippen LogP contribution in [0.4, 0.5) is 0 Å². The summed E-state index contributed by atoms with van der Waals surface area (Å²) < 4.78 is 5.07. The zero-order chi connectivity index (χ0) is 11.4. The number of aliphatic hydroxyl groups is 1. The molecule has 2 aromatic rings. The number of rotatable bonds is 4. The zero-order valence-electron chi connectivity index (χ0n) is 8.96. The number of aliphatic hydroxyl groups excluding tert-OH is 1. The van der Waals surface area contributed by atoms with Gasteiger partial charge in [-0.1, -0.05) is 12.1 Å². The first-order valence-corrected chi connectivity index (χ1v) is 5.87. The molecule has 1 N–H and O–H groups in total. The van der Waals surface area contributed by atoms with Gasteiger partial charge in [-0.2, -0.15) is 0 Å². The lowest BCUT2D eigenvalue weighted by Gasteiger charge is -2.10. The molecule has 2 rings (SSSR count). The third-order valence-corrected chi connectivity index (χ3v) is 3.18. The highest BCUT2D eigenvalue weighted by Gasteiger charge is 2.09. The topological polar surface area (TPSA) is 42.4 Å². The molecule has 0 saturated carbocycles. The maximum atomic E-state index is 9.99. The van der Waals surface area contributed by atoms with Gasteiger partial charge in [0.25, 0.3) is 0 Å². The molecule has 4 heteroatoms. The molecule has 0 bridgehead atoms. The minimum Gasteiger partial charge on any atom is -0.497 e. The molecule has 0 fully saturated rings. The molecule has 1 heterocycles. The van der Waals surface area contributed by atoms with E-state index in [1.54, 1.807) is 30.2 Å². The van der Waals surface area contributed by atoms with Gasteiger partial charge in [0.05, 0.1) is 18.7 Å². The number of benzene rings is 1. The van der Waals surface area contributed by atoms with Crippen molar-refractivity contribution in [3.05, 3.63) is 46.4 Å². The Morgan fingerprint density at radius 1 is 1.38 bits per heavy atom. The fraction of sp³-hybridized carbons (Fsp3) is 0.250. The molecular formula is C12H13NO2S.